The Kier molecular flexibility index (Phi) is 4.36. The zero-order chi connectivity index (χ0) is 12.1. The molecule has 0 aliphatic rings. The number of aromatic nitrogens is 1. The maximum absolute atomic E-state index is 6.13. The zero-order valence-electron chi connectivity index (χ0n) is 9.23. The minimum Gasteiger partial charge on any atom is -0.486 e. The summed E-state index contributed by atoms with van der Waals surface area (Å²) in [6, 6.07) is 5.72. The van der Waals surface area contributed by atoms with E-state index in [9.17, 15) is 0 Å². The van der Waals surface area contributed by atoms with Crippen LogP contribution in [0, 0.1) is 0 Å². The van der Waals surface area contributed by atoms with Crippen LogP contribution in [0.25, 0.3) is 0 Å². The van der Waals surface area contributed by atoms with Gasteiger partial charge in [-0.2, -0.15) is 0 Å². The molecule has 1 aromatic carbocycles. The lowest BCUT2D eigenvalue weighted by molar-refractivity contribution is 0.306. The number of rotatable bonds is 5. The van der Waals surface area contributed by atoms with Crippen LogP contribution in [0.5, 0.6) is 5.75 Å². The van der Waals surface area contributed by atoms with Crippen LogP contribution >= 0.6 is 22.9 Å². The SMILES string of the molecule is NCCc1cccc(Cl)c1OCc1cncs1. The predicted octanol–water partition coefficient (Wildman–Crippen LogP) is 2.88. The number of nitrogens with two attached hydrogens (primary N) is 1. The van der Waals surface area contributed by atoms with Gasteiger partial charge in [0.2, 0.25) is 0 Å². The Morgan fingerprint density at radius 2 is 2.29 bits per heavy atom. The van der Waals surface area contributed by atoms with Crippen molar-refractivity contribution in [3.63, 3.8) is 0 Å². The molecule has 2 aromatic rings. The highest BCUT2D eigenvalue weighted by atomic mass is 35.5. The molecule has 0 amide bonds. The molecule has 5 heteroatoms. The number of ether oxygens (including phenoxy) is 1. The minimum atomic E-state index is 0.492. The Morgan fingerprint density at radius 1 is 1.41 bits per heavy atom. The quantitative estimate of drug-likeness (QED) is 0.907. The van der Waals surface area contributed by atoms with E-state index in [2.05, 4.69) is 4.98 Å². The van der Waals surface area contributed by atoms with Gasteiger partial charge in [-0.25, -0.2) is 0 Å². The summed E-state index contributed by atoms with van der Waals surface area (Å²) in [6.07, 6.45) is 2.56. The second kappa shape index (κ2) is 6.00. The van der Waals surface area contributed by atoms with E-state index < -0.39 is 0 Å². The average molecular weight is 269 g/mol. The maximum Gasteiger partial charge on any atom is 0.141 e. The van der Waals surface area contributed by atoms with Crippen LogP contribution in [0.15, 0.2) is 29.9 Å². The molecule has 0 aliphatic carbocycles. The Hall–Kier alpha value is -1.10. The molecule has 0 bridgehead atoms. The molecule has 0 atom stereocenters. The molecule has 0 saturated heterocycles. The summed E-state index contributed by atoms with van der Waals surface area (Å²) in [5.41, 5.74) is 8.39. The fraction of sp³-hybridized carbons (Fsp3) is 0.250. The van der Waals surface area contributed by atoms with Gasteiger partial charge in [0.05, 0.1) is 15.4 Å². The fourth-order valence-electron chi connectivity index (χ4n) is 1.52. The molecular formula is C12H13ClN2OS. The molecule has 1 heterocycles. The van der Waals surface area contributed by atoms with E-state index in [1.54, 1.807) is 23.0 Å². The summed E-state index contributed by atoms with van der Waals surface area (Å²) in [7, 11) is 0. The van der Waals surface area contributed by atoms with E-state index in [4.69, 9.17) is 22.1 Å². The van der Waals surface area contributed by atoms with Crippen molar-refractivity contribution in [2.75, 3.05) is 6.54 Å². The van der Waals surface area contributed by atoms with E-state index in [0.29, 0.717) is 18.2 Å². The monoisotopic (exact) mass is 268 g/mol. The molecule has 0 aliphatic heterocycles. The third-order valence-corrected chi connectivity index (χ3v) is 3.36. The highest BCUT2D eigenvalue weighted by molar-refractivity contribution is 7.09. The highest BCUT2D eigenvalue weighted by Crippen LogP contribution is 2.29. The third kappa shape index (κ3) is 3.19. The molecule has 0 spiro atoms. The number of benzene rings is 1. The number of thiazole rings is 1. The first-order chi connectivity index (χ1) is 8.31. The first-order valence-corrected chi connectivity index (χ1v) is 6.54. The van der Waals surface area contributed by atoms with E-state index in [1.165, 1.54) is 0 Å². The topological polar surface area (TPSA) is 48.1 Å². The van der Waals surface area contributed by atoms with E-state index in [-0.39, 0.29) is 0 Å². The average Bonchev–Trinajstić information content (AvgIpc) is 2.82. The van der Waals surface area contributed by atoms with Crippen LogP contribution in [0.3, 0.4) is 0 Å². The summed E-state index contributed by atoms with van der Waals surface area (Å²) < 4.78 is 5.75. The van der Waals surface area contributed by atoms with E-state index >= 15 is 0 Å². The Labute approximate surface area is 109 Å². The highest BCUT2D eigenvalue weighted by Gasteiger charge is 2.08. The van der Waals surface area contributed by atoms with Crippen molar-refractivity contribution in [3.8, 4) is 5.75 Å². The normalized spacial score (nSPS) is 10.5. The van der Waals surface area contributed by atoms with Gasteiger partial charge >= 0.3 is 0 Å². The van der Waals surface area contributed by atoms with Gasteiger partial charge in [-0.05, 0) is 24.6 Å². The van der Waals surface area contributed by atoms with Crippen LogP contribution in [-0.4, -0.2) is 11.5 Å². The summed E-state index contributed by atoms with van der Waals surface area (Å²) in [6.45, 7) is 1.07. The van der Waals surface area contributed by atoms with Crippen molar-refractivity contribution in [2.45, 2.75) is 13.0 Å². The molecule has 1 aromatic heterocycles. The van der Waals surface area contributed by atoms with Gasteiger partial charge < -0.3 is 10.5 Å². The van der Waals surface area contributed by atoms with Crippen molar-refractivity contribution in [2.24, 2.45) is 5.73 Å². The molecule has 2 rings (SSSR count). The van der Waals surface area contributed by atoms with Crippen LogP contribution in [0.2, 0.25) is 5.02 Å². The van der Waals surface area contributed by atoms with E-state index in [0.717, 1.165) is 22.6 Å². The number of nitrogens with zero attached hydrogens (tertiary/aromatic N) is 1. The van der Waals surface area contributed by atoms with Gasteiger partial charge in [-0.3, -0.25) is 4.98 Å². The van der Waals surface area contributed by atoms with Gasteiger partial charge in [0.1, 0.15) is 12.4 Å². The standard InChI is InChI=1S/C12H13ClN2OS/c13-11-3-1-2-9(4-5-14)12(11)16-7-10-6-15-8-17-10/h1-3,6,8H,4-5,7,14H2. The largest absolute Gasteiger partial charge is 0.486 e. The number of para-hydroxylation sites is 1. The van der Waals surface area contributed by atoms with E-state index in [1.807, 2.05) is 18.2 Å². The number of hydrogen-bond acceptors (Lipinski definition) is 4. The first-order valence-electron chi connectivity index (χ1n) is 5.29. The Bertz CT molecular complexity index is 473. The van der Waals surface area contributed by atoms with Crippen molar-refractivity contribution in [1.82, 2.24) is 4.98 Å². The van der Waals surface area contributed by atoms with Crippen LogP contribution in [-0.2, 0) is 13.0 Å². The fourth-order valence-corrected chi connectivity index (χ4v) is 2.28. The molecule has 0 saturated carbocycles. The third-order valence-electron chi connectivity index (χ3n) is 2.30. The second-order valence-corrected chi connectivity index (χ2v) is 4.90. The molecule has 0 radical (unpaired) electrons. The molecule has 2 N–H and O–H groups in total. The van der Waals surface area contributed by atoms with Crippen LogP contribution in [0.1, 0.15) is 10.4 Å². The second-order valence-electron chi connectivity index (χ2n) is 3.52. The lowest BCUT2D eigenvalue weighted by Crippen LogP contribution is -2.05. The maximum atomic E-state index is 6.13. The summed E-state index contributed by atoms with van der Waals surface area (Å²) in [5.74, 6) is 0.730. The van der Waals surface area contributed by atoms with Crippen LogP contribution in [0.4, 0.5) is 0 Å². The zero-order valence-corrected chi connectivity index (χ0v) is 10.8. The van der Waals surface area contributed by atoms with Gasteiger partial charge in [0.25, 0.3) is 0 Å². The molecule has 3 nitrogen and oxygen atoms in total. The lowest BCUT2D eigenvalue weighted by Gasteiger charge is -2.11. The summed E-state index contributed by atoms with van der Waals surface area (Å²) in [5, 5.41) is 0.625. The molecular weight excluding hydrogens is 256 g/mol. The van der Waals surface area contributed by atoms with Gasteiger partial charge in [0.15, 0.2) is 0 Å². The Morgan fingerprint density at radius 3 is 3.00 bits per heavy atom. The molecule has 90 valence electrons. The molecule has 0 unspecified atom stereocenters. The summed E-state index contributed by atoms with van der Waals surface area (Å²) >= 11 is 7.69. The lowest BCUT2D eigenvalue weighted by atomic mass is 10.1. The van der Waals surface area contributed by atoms with Gasteiger partial charge in [-0.1, -0.05) is 23.7 Å². The minimum absolute atomic E-state index is 0.492. The van der Waals surface area contributed by atoms with Crippen molar-refractivity contribution in [3.05, 3.63) is 45.4 Å². The van der Waals surface area contributed by atoms with Crippen molar-refractivity contribution < 1.29 is 4.74 Å². The van der Waals surface area contributed by atoms with Crippen molar-refractivity contribution >= 4 is 22.9 Å². The smallest absolute Gasteiger partial charge is 0.141 e. The van der Waals surface area contributed by atoms with Crippen molar-refractivity contribution in [1.29, 1.82) is 0 Å². The molecule has 17 heavy (non-hydrogen) atoms. The first kappa shape index (κ1) is 12.4. The Balaban J connectivity index is 2.13. The van der Waals surface area contributed by atoms with Gasteiger partial charge in [0, 0.05) is 6.20 Å². The molecule has 0 fully saturated rings. The number of hydrogen-bond donors (Lipinski definition) is 1. The number of halogens is 1. The predicted molar refractivity (Wildman–Crippen MR) is 70.7 cm³/mol. The van der Waals surface area contributed by atoms with Gasteiger partial charge in [-0.15, -0.1) is 11.3 Å². The summed E-state index contributed by atoms with van der Waals surface area (Å²) in [4.78, 5) is 5.07. The van der Waals surface area contributed by atoms with Crippen LogP contribution < -0.4 is 10.5 Å².